The highest BCUT2D eigenvalue weighted by Gasteiger charge is 2.22. The van der Waals surface area contributed by atoms with Crippen molar-refractivity contribution in [2.24, 2.45) is 0 Å². The zero-order valence-corrected chi connectivity index (χ0v) is 15.3. The minimum atomic E-state index is 0.0406. The molecule has 0 aliphatic carbocycles. The van der Waals surface area contributed by atoms with Gasteiger partial charge in [-0.05, 0) is 43.6 Å². The number of likely N-dealkylation sites (tertiary alicyclic amines) is 1. The summed E-state index contributed by atoms with van der Waals surface area (Å²) in [7, 11) is 0. The molecule has 1 atom stereocenters. The number of hydrogen-bond donors (Lipinski definition) is 1. The van der Waals surface area contributed by atoms with E-state index >= 15 is 0 Å². The first-order chi connectivity index (χ1) is 12.8. The van der Waals surface area contributed by atoms with E-state index in [-0.39, 0.29) is 11.9 Å². The standard InChI is InChI=1S/C22H28N2O2/c25-22(14-17-26-20-12-6-2-7-13-20)23-18-21(19-10-4-1-5-11-19)24-15-8-3-9-16-24/h1-2,4-7,10-13,21H,3,8-9,14-18H2,(H,23,25). The molecule has 4 nitrogen and oxygen atoms in total. The number of nitrogens with zero attached hydrogens (tertiary/aromatic N) is 1. The summed E-state index contributed by atoms with van der Waals surface area (Å²) in [5.41, 5.74) is 1.27. The van der Waals surface area contributed by atoms with Crippen LogP contribution in [0.2, 0.25) is 0 Å². The van der Waals surface area contributed by atoms with Gasteiger partial charge in [-0.15, -0.1) is 0 Å². The second-order valence-corrected chi connectivity index (χ2v) is 6.74. The number of ether oxygens (including phenoxy) is 1. The molecule has 0 bridgehead atoms. The Morgan fingerprint density at radius 2 is 1.62 bits per heavy atom. The zero-order chi connectivity index (χ0) is 18.0. The molecule has 1 saturated heterocycles. The molecule has 1 unspecified atom stereocenters. The van der Waals surface area contributed by atoms with E-state index in [1.54, 1.807) is 0 Å². The normalized spacial score (nSPS) is 16.0. The molecule has 0 saturated carbocycles. The number of carbonyl (C=O) groups is 1. The van der Waals surface area contributed by atoms with Crippen molar-refractivity contribution in [3.63, 3.8) is 0 Å². The van der Waals surface area contributed by atoms with Gasteiger partial charge in [0.05, 0.1) is 19.1 Å². The minimum absolute atomic E-state index is 0.0406. The van der Waals surface area contributed by atoms with Gasteiger partial charge in [-0.25, -0.2) is 0 Å². The predicted molar refractivity (Wildman–Crippen MR) is 104 cm³/mol. The van der Waals surface area contributed by atoms with Gasteiger partial charge in [0.25, 0.3) is 0 Å². The largest absolute Gasteiger partial charge is 0.493 e. The molecule has 1 heterocycles. The van der Waals surface area contributed by atoms with E-state index in [1.807, 2.05) is 36.4 Å². The Morgan fingerprint density at radius 1 is 0.962 bits per heavy atom. The number of rotatable bonds is 8. The monoisotopic (exact) mass is 352 g/mol. The highest BCUT2D eigenvalue weighted by atomic mass is 16.5. The smallest absolute Gasteiger partial charge is 0.223 e. The average Bonchev–Trinajstić information content (AvgIpc) is 2.71. The molecule has 4 heteroatoms. The summed E-state index contributed by atoms with van der Waals surface area (Å²) in [4.78, 5) is 14.7. The molecule has 138 valence electrons. The lowest BCUT2D eigenvalue weighted by molar-refractivity contribution is -0.121. The topological polar surface area (TPSA) is 41.6 Å². The number of hydrogen-bond acceptors (Lipinski definition) is 3. The summed E-state index contributed by atoms with van der Waals surface area (Å²) in [6.07, 6.45) is 4.15. The van der Waals surface area contributed by atoms with E-state index in [2.05, 4.69) is 34.5 Å². The summed E-state index contributed by atoms with van der Waals surface area (Å²) >= 11 is 0. The third-order valence-corrected chi connectivity index (χ3v) is 4.85. The number of benzene rings is 2. The van der Waals surface area contributed by atoms with Gasteiger partial charge in [0, 0.05) is 6.54 Å². The van der Waals surface area contributed by atoms with E-state index in [9.17, 15) is 4.79 Å². The van der Waals surface area contributed by atoms with Crippen LogP contribution in [0.3, 0.4) is 0 Å². The summed E-state index contributed by atoms with van der Waals surface area (Å²) in [5, 5.41) is 3.10. The van der Waals surface area contributed by atoms with Gasteiger partial charge in [-0.2, -0.15) is 0 Å². The number of piperidine rings is 1. The predicted octanol–water partition coefficient (Wildman–Crippen LogP) is 3.80. The van der Waals surface area contributed by atoms with Crippen LogP contribution in [0.15, 0.2) is 60.7 Å². The maximum absolute atomic E-state index is 12.2. The molecule has 0 spiro atoms. The van der Waals surface area contributed by atoms with Crippen molar-refractivity contribution in [1.82, 2.24) is 10.2 Å². The molecule has 0 radical (unpaired) electrons. The molecular weight excluding hydrogens is 324 g/mol. The molecule has 1 fully saturated rings. The molecule has 2 aromatic rings. The molecule has 26 heavy (non-hydrogen) atoms. The highest BCUT2D eigenvalue weighted by molar-refractivity contribution is 5.76. The van der Waals surface area contributed by atoms with Gasteiger partial charge in [-0.3, -0.25) is 9.69 Å². The first-order valence-corrected chi connectivity index (χ1v) is 9.56. The quantitative estimate of drug-likeness (QED) is 0.786. The van der Waals surface area contributed by atoms with E-state index in [4.69, 9.17) is 4.74 Å². The third kappa shape index (κ3) is 5.60. The van der Waals surface area contributed by atoms with Crippen molar-refractivity contribution in [3.05, 3.63) is 66.2 Å². The van der Waals surface area contributed by atoms with Crippen molar-refractivity contribution < 1.29 is 9.53 Å². The van der Waals surface area contributed by atoms with Crippen LogP contribution in [0.4, 0.5) is 0 Å². The lowest BCUT2D eigenvalue weighted by Gasteiger charge is -2.35. The van der Waals surface area contributed by atoms with E-state index < -0.39 is 0 Å². The number of amides is 1. The molecule has 1 amide bonds. The molecule has 3 rings (SSSR count). The van der Waals surface area contributed by atoms with Crippen molar-refractivity contribution >= 4 is 5.91 Å². The van der Waals surface area contributed by atoms with Crippen molar-refractivity contribution in [1.29, 1.82) is 0 Å². The molecule has 1 aliphatic heterocycles. The Bertz CT molecular complexity index is 654. The summed E-state index contributed by atoms with van der Waals surface area (Å²) in [6.45, 7) is 3.25. The average molecular weight is 352 g/mol. The van der Waals surface area contributed by atoms with Crippen molar-refractivity contribution in [3.8, 4) is 5.75 Å². The second-order valence-electron chi connectivity index (χ2n) is 6.74. The first-order valence-electron chi connectivity index (χ1n) is 9.56. The Balaban J connectivity index is 1.49. The van der Waals surface area contributed by atoms with Gasteiger partial charge in [0.15, 0.2) is 0 Å². The molecule has 0 aromatic heterocycles. The van der Waals surface area contributed by atoms with Gasteiger partial charge in [0.1, 0.15) is 5.75 Å². The van der Waals surface area contributed by atoms with Gasteiger partial charge in [0.2, 0.25) is 5.91 Å². The van der Waals surface area contributed by atoms with Crippen LogP contribution in [0.25, 0.3) is 0 Å². The van der Waals surface area contributed by atoms with Crippen LogP contribution in [-0.4, -0.2) is 37.0 Å². The van der Waals surface area contributed by atoms with E-state index in [0.717, 1.165) is 18.8 Å². The maximum atomic E-state index is 12.2. The maximum Gasteiger partial charge on any atom is 0.223 e. The minimum Gasteiger partial charge on any atom is -0.493 e. The summed E-state index contributed by atoms with van der Waals surface area (Å²) in [6, 6.07) is 20.4. The van der Waals surface area contributed by atoms with Crippen molar-refractivity contribution in [2.75, 3.05) is 26.2 Å². The number of para-hydroxylation sites is 1. The lowest BCUT2D eigenvalue weighted by Crippen LogP contribution is -2.40. The highest BCUT2D eigenvalue weighted by Crippen LogP contribution is 2.24. The number of nitrogens with one attached hydrogen (secondary N) is 1. The summed E-state index contributed by atoms with van der Waals surface area (Å²) < 4.78 is 5.61. The summed E-state index contributed by atoms with van der Waals surface area (Å²) in [5.74, 6) is 0.842. The van der Waals surface area contributed by atoms with E-state index in [0.29, 0.717) is 19.6 Å². The fraction of sp³-hybridized carbons (Fsp3) is 0.409. The Hall–Kier alpha value is -2.33. The lowest BCUT2D eigenvalue weighted by atomic mass is 10.0. The Morgan fingerprint density at radius 3 is 2.31 bits per heavy atom. The SMILES string of the molecule is O=C(CCOc1ccccc1)NCC(c1ccccc1)N1CCCCC1. The van der Waals surface area contributed by atoms with Crippen LogP contribution >= 0.6 is 0 Å². The molecule has 2 aromatic carbocycles. The molecule has 1 aliphatic rings. The third-order valence-electron chi connectivity index (χ3n) is 4.85. The second kappa shape index (κ2) is 9.97. The number of carbonyl (C=O) groups excluding carboxylic acids is 1. The van der Waals surface area contributed by atoms with Gasteiger partial charge < -0.3 is 10.1 Å². The fourth-order valence-electron chi connectivity index (χ4n) is 3.44. The van der Waals surface area contributed by atoms with Crippen molar-refractivity contribution in [2.45, 2.75) is 31.7 Å². The van der Waals surface area contributed by atoms with Crippen LogP contribution in [0.5, 0.6) is 5.75 Å². The Labute approximate surface area is 156 Å². The van der Waals surface area contributed by atoms with Gasteiger partial charge in [-0.1, -0.05) is 55.0 Å². The van der Waals surface area contributed by atoms with E-state index in [1.165, 1.54) is 24.8 Å². The molecular formula is C22H28N2O2. The zero-order valence-electron chi connectivity index (χ0n) is 15.3. The first kappa shape index (κ1) is 18.5. The Kier molecular flexibility index (Phi) is 7.08. The fourth-order valence-corrected chi connectivity index (χ4v) is 3.44. The van der Waals surface area contributed by atoms with Gasteiger partial charge >= 0.3 is 0 Å². The molecule has 1 N–H and O–H groups in total. The van der Waals surface area contributed by atoms with Crippen LogP contribution in [-0.2, 0) is 4.79 Å². The van der Waals surface area contributed by atoms with Crippen LogP contribution < -0.4 is 10.1 Å². The van der Waals surface area contributed by atoms with Crippen LogP contribution in [0, 0.1) is 0 Å². The van der Waals surface area contributed by atoms with Crippen LogP contribution in [0.1, 0.15) is 37.3 Å².